The maximum Gasteiger partial charge on any atom is 0.341 e. The number of thiocarbonyl (C=S) groups is 1. The SMILES string of the molecule is CCOC(=O)c1cc(-c2ccccc2)sc1NC(=S)NC(=O)c1ccccc1. The maximum absolute atomic E-state index is 12.3. The Labute approximate surface area is 172 Å². The smallest absolute Gasteiger partial charge is 0.341 e. The van der Waals surface area contributed by atoms with Gasteiger partial charge in [0.05, 0.1) is 12.2 Å². The second kappa shape index (κ2) is 9.25. The Hall–Kier alpha value is -3.03. The number of carbonyl (C=O) groups is 2. The molecule has 28 heavy (non-hydrogen) atoms. The molecule has 0 aliphatic carbocycles. The molecule has 0 aliphatic heterocycles. The van der Waals surface area contributed by atoms with Gasteiger partial charge in [-0.25, -0.2) is 4.79 Å². The van der Waals surface area contributed by atoms with Crippen LogP contribution >= 0.6 is 23.6 Å². The number of carbonyl (C=O) groups excluding carboxylic acids is 2. The molecule has 0 aliphatic rings. The summed E-state index contributed by atoms with van der Waals surface area (Å²) < 4.78 is 5.15. The number of esters is 1. The predicted molar refractivity (Wildman–Crippen MR) is 116 cm³/mol. The van der Waals surface area contributed by atoms with Gasteiger partial charge in [-0.3, -0.25) is 10.1 Å². The highest BCUT2D eigenvalue weighted by Crippen LogP contribution is 2.35. The first-order valence-corrected chi connectivity index (χ1v) is 9.84. The number of anilines is 1. The van der Waals surface area contributed by atoms with Crippen LogP contribution in [0.4, 0.5) is 5.00 Å². The fraction of sp³-hybridized carbons (Fsp3) is 0.0952. The Morgan fingerprint density at radius 1 is 1.04 bits per heavy atom. The van der Waals surface area contributed by atoms with Crippen LogP contribution in [0.25, 0.3) is 10.4 Å². The van der Waals surface area contributed by atoms with Crippen molar-refractivity contribution in [1.29, 1.82) is 0 Å². The lowest BCUT2D eigenvalue weighted by molar-refractivity contribution is 0.0528. The van der Waals surface area contributed by atoms with E-state index in [1.54, 1.807) is 37.3 Å². The zero-order valence-electron chi connectivity index (χ0n) is 15.1. The molecule has 1 aromatic heterocycles. The van der Waals surface area contributed by atoms with Gasteiger partial charge < -0.3 is 10.1 Å². The lowest BCUT2D eigenvalue weighted by Gasteiger charge is -2.09. The van der Waals surface area contributed by atoms with Gasteiger partial charge in [-0.05, 0) is 42.9 Å². The summed E-state index contributed by atoms with van der Waals surface area (Å²) in [7, 11) is 0. The van der Waals surface area contributed by atoms with Crippen LogP contribution < -0.4 is 10.6 Å². The minimum Gasteiger partial charge on any atom is -0.462 e. The number of thiophene rings is 1. The van der Waals surface area contributed by atoms with Crippen LogP contribution in [-0.2, 0) is 4.74 Å². The number of benzene rings is 2. The van der Waals surface area contributed by atoms with Crippen LogP contribution in [0.3, 0.4) is 0 Å². The molecule has 3 rings (SSSR count). The van der Waals surface area contributed by atoms with Crippen LogP contribution in [0.1, 0.15) is 27.6 Å². The van der Waals surface area contributed by atoms with E-state index >= 15 is 0 Å². The molecule has 2 N–H and O–H groups in total. The molecule has 0 radical (unpaired) electrons. The highest BCUT2D eigenvalue weighted by atomic mass is 32.1. The first-order chi connectivity index (χ1) is 13.6. The normalized spacial score (nSPS) is 10.2. The van der Waals surface area contributed by atoms with Crippen molar-refractivity contribution in [3.05, 3.63) is 77.9 Å². The van der Waals surface area contributed by atoms with Gasteiger partial charge in [0.1, 0.15) is 5.00 Å². The summed E-state index contributed by atoms with van der Waals surface area (Å²) in [6.45, 7) is 2.02. The summed E-state index contributed by atoms with van der Waals surface area (Å²) in [5.74, 6) is -0.767. The van der Waals surface area contributed by atoms with Crippen LogP contribution in [0.15, 0.2) is 66.7 Å². The third-order valence-electron chi connectivity index (χ3n) is 3.78. The molecule has 1 heterocycles. The Bertz CT molecular complexity index is 985. The quantitative estimate of drug-likeness (QED) is 0.471. The third-order valence-corrected chi connectivity index (χ3v) is 5.08. The Kier molecular flexibility index (Phi) is 6.52. The van der Waals surface area contributed by atoms with E-state index in [9.17, 15) is 9.59 Å². The molecule has 5 nitrogen and oxygen atoms in total. The molecule has 7 heteroatoms. The molecule has 0 unspecified atom stereocenters. The zero-order valence-corrected chi connectivity index (χ0v) is 16.7. The highest BCUT2D eigenvalue weighted by molar-refractivity contribution is 7.80. The molecular formula is C21H18N2O3S2. The second-order valence-electron chi connectivity index (χ2n) is 5.71. The van der Waals surface area contributed by atoms with Crippen molar-refractivity contribution in [2.45, 2.75) is 6.92 Å². The van der Waals surface area contributed by atoms with Crippen molar-refractivity contribution in [1.82, 2.24) is 5.32 Å². The standard InChI is InChI=1S/C21H18N2O3S2/c1-2-26-20(25)16-13-17(14-9-5-3-6-10-14)28-19(16)23-21(27)22-18(24)15-11-7-4-8-12-15/h3-13H,2H2,1H3,(H2,22,23,24,27). The zero-order chi connectivity index (χ0) is 19.9. The maximum atomic E-state index is 12.3. The van der Waals surface area contributed by atoms with Gasteiger partial charge in [0.2, 0.25) is 0 Å². The molecule has 0 atom stereocenters. The van der Waals surface area contributed by atoms with Crippen molar-refractivity contribution in [2.75, 3.05) is 11.9 Å². The molecule has 0 bridgehead atoms. The Balaban J connectivity index is 1.81. The van der Waals surface area contributed by atoms with E-state index in [2.05, 4.69) is 10.6 Å². The summed E-state index contributed by atoms with van der Waals surface area (Å²) in [5, 5.41) is 6.22. The molecule has 142 valence electrons. The van der Waals surface area contributed by atoms with Gasteiger partial charge in [-0.1, -0.05) is 48.5 Å². The lowest BCUT2D eigenvalue weighted by Crippen LogP contribution is -2.34. The lowest BCUT2D eigenvalue weighted by atomic mass is 10.1. The molecule has 3 aromatic rings. The molecule has 2 aromatic carbocycles. The van der Waals surface area contributed by atoms with Gasteiger partial charge >= 0.3 is 5.97 Å². The van der Waals surface area contributed by atoms with Gasteiger partial charge in [-0.15, -0.1) is 11.3 Å². The van der Waals surface area contributed by atoms with E-state index in [0.717, 1.165) is 10.4 Å². The van der Waals surface area contributed by atoms with Crippen molar-refractivity contribution in [3.8, 4) is 10.4 Å². The van der Waals surface area contributed by atoms with E-state index < -0.39 is 5.97 Å². The number of amides is 1. The predicted octanol–water partition coefficient (Wildman–Crippen LogP) is 4.72. The topological polar surface area (TPSA) is 67.4 Å². The number of nitrogens with one attached hydrogen (secondary N) is 2. The first-order valence-electron chi connectivity index (χ1n) is 8.62. The fourth-order valence-corrected chi connectivity index (χ4v) is 3.80. The van der Waals surface area contributed by atoms with E-state index in [1.165, 1.54) is 11.3 Å². The minimum absolute atomic E-state index is 0.112. The van der Waals surface area contributed by atoms with E-state index in [-0.39, 0.29) is 17.6 Å². The summed E-state index contributed by atoms with van der Waals surface area (Å²) in [6.07, 6.45) is 0. The van der Waals surface area contributed by atoms with Crippen LogP contribution in [0, 0.1) is 0 Å². The molecule has 0 fully saturated rings. The average Bonchev–Trinajstić information content (AvgIpc) is 3.13. The summed E-state index contributed by atoms with van der Waals surface area (Å²) in [5.41, 5.74) is 1.85. The van der Waals surface area contributed by atoms with E-state index in [1.807, 2.05) is 36.4 Å². The van der Waals surface area contributed by atoms with Gasteiger partial charge in [0.15, 0.2) is 5.11 Å². The summed E-state index contributed by atoms with van der Waals surface area (Å²) in [4.78, 5) is 25.5. The number of hydrogen-bond acceptors (Lipinski definition) is 5. The van der Waals surface area contributed by atoms with Crippen molar-refractivity contribution < 1.29 is 14.3 Å². The van der Waals surface area contributed by atoms with Gasteiger partial charge in [0.25, 0.3) is 5.91 Å². The largest absolute Gasteiger partial charge is 0.462 e. The number of ether oxygens (including phenoxy) is 1. The second-order valence-corrected chi connectivity index (χ2v) is 7.17. The van der Waals surface area contributed by atoms with Gasteiger partial charge in [0, 0.05) is 10.4 Å². The highest BCUT2D eigenvalue weighted by Gasteiger charge is 2.19. The Morgan fingerprint density at radius 3 is 2.32 bits per heavy atom. The first kappa shape index (κ1) is 19.7. The minimum atomic E-state index is -0.444. The van der Waals surface area contributed by atoms with Crippen molar-refractivity contribution in [3.63, 3.8) is 0 Å². The van der Waals surface area contributed by atoms with Gasteiger partial charge in [-0.2, -0.15) is 0 Å². The average molecular weight is 411 g/mol. The molecule has 0 saturated carbocycles. The molecule has 0 spiro atoms. The third kappa shape index (κ3) is 4.82. The van der Waals surface area contributed by atoms with Crippen molar-refractivity contribution >= 4 is 45.5 Å². The van der Waals surface area contributed by atoms with Crippen LogP contribution in [0.5, 0.6) is 0 Å². The molecule has 1 amide bonds. The fourth-order valence-electron chi connectivity index (χ4n) is 2.49. The molecule has 0 saturated heterocycles. The number of hydrogen-bond donors (Lipinski definition) is 2. The molecular weight excluding hydrogens is 392 g/mol. The summed E-state index contributed by atoms with van der Waals surface area (Å²) >= 11 is 6.63. The van der Waals surface area contributed by atoms with Crippen LogP contribution in [-0.4, -0.2) is 23.6 Å². The summed E-state index contributed by atoms with van der Waals surface area (Å²) in [6, 6.07) is 20.2. The van der Waals surface area contributed by atoms with Crippen molar-refractivity contribution in [2.24, 2.45) is 0 Å². The van der Waals surface area contributed by atoms with E-state index in [4.69, 9.17) is 17.0 Å². The van der Waals surface area contributed by atoms with E-state index in [0.29, 0.717) is 16.1 Å². The van der Waals surface area contributed by atoms with Crippen LogP contribution in [0.2, 0.25) is 0 Å². The monoisotopic (exact) mass is 410 g/mol. The number of rotatable bonds is 5. The Morgan fingerprint density at radius 2 is 1.68 bits per heavy atom.